The minimum absolute atomic E-state index is 0.0596. The second kappa shape index (κ2) is 5.59. The Morgan fingerprint density at radius 2 is 2.15 bits per heavy atom. The highest BCUT2D eigenvalue weighted by Crippen LogP contribution is 2.39. The molecule has 112 valence electrons. The summed E-state index contributed by atoms with van der Waals surface area (Å²) in [5.74, 6) is 0.484. The predicted octanol–water partition coefficient (Wildman–Crippen LogP) is 3.12. The maximum absolute atomic E-state index is 12.5. The standard InChI is InChI=1S/C11H15ClN2O4S2/c1-7-3-4-13(8(2)5-7)20(17,18)10-6-9(14(15)16)11(12)19-10/h6-8H,3-5H2,1-2H3. The Morgan fingerprint density at radius 3 is 2.65 bits per heavy atom. The van der Waals surface area contributed by atoms with Gasteiger partial charge in [0.05, 0.1) is 4.92 Å². The topological polar surface area (TPSA) is 80.5 Å². The third-order valence-corrected chi connectivity index (χ3v) is 7.28. The van der Waals surface area contributed by atoms with Crippen molar-refractivity contribution in [3.05, 3.63) is 20.5 Å². The average Bonchev–Trinajstić information content (AvgIpc) is 2.71. The summed E-state index contributed by atoms with van der Waals surface area (Å²) in [6, 6.07) is 0.941. The molecule has 0 amide bonds. The zero-order chi connectivity index (χ0) is 15.1. The Kier molecular flexibility index (Phi) is 4.38. The van der Waals surface area contributed by atoms with Gasteiger partial charge in [0.15, 0.2) is 4.34 Å². The highest BCUT2D eigenvalue weighted by atomic mass is 35.5. The number of rotatable bonds is 3. The van der Waals surface area contributed by atoms with Gasteiger partial charge in [-0.25, -0.2) is 8.42 Å². The number of nitro groups is 1. The van der Waals surface area contributed by atoms with Gasteiger partial charge in [0.25, 0.3) is 15.7 Å². The van der Waals surface area contributed by atoms with E-state index >= 15 is 0 Å². The molecule has 2 rings (SSSR count). The molecule has 0 aromatic carbocycles. The SMILES string of the molecule is CC1CCN(S(=O)(=O)c2cc([N+](=O)[O-])c(Cl)s2)C(C)C1. The van der Waals surface area contributed by atoms with E-state index in [1.165, 1.54) is 4.31 Å². The normalized spacial score (nSPS) is 24.8. The second-order valence-corrected chi connectivity index (χ2v) is 8.85. The van der Waals surface area contributed by atoms with Crippen LogP contribution in [-0.4, -0.2) is 30.2 Å². The number of thiophene rings is 1. The van der Waals surface area contributed by atoms with E-state index in [4.69, 9.17) is 11.6 Å². The summed E-state index contributed by atoms with van der Waals surface area (Å²) in [7, 11) is -3.71. The van der Waals surface area contributed by atoms with Gasteiger partial charge in [-0.1, -0.05) is 18.5 Å². The van der Waals surface area contributed by atoms with Crippen molar-refractivity contribution >= 4 is 38.6 Å². The Labute approximate surface area is 126 Å². The molecule has 1 fully saturated rings. The molecule has 0 saturated carbocycles. The van der Waals surface area contributed by atoms with E-state index < -0.39 is 14.9 Å². The van der Waals surface area contributed by atoms with Crippen LogP contribution in [0.1, 0.15) is 26.7 Å². The molecular formula is C11H15ClN2O4S2. The number of hydrogen-bond acceptors (Lipinski definition) is 5. The first kappa shape index (κ1) is 15.7. The lowest BCUT2D eigenvalue weighted by Crippen LogP contribution is -2.43. The summed E-state index contributed by atoms with van der Waals surface area (Å²) in [6.45, 7) is 4.39. The second-order valence-electron chi connectivity index (χ2n) is 5.08. The Balaban J connectivity index is 2.35. The molecule has 2 atom stereocenters. The van der Waals surface area contributed by atoms with Gasteiger partial charge < -0.3 is 0 Å². The number of nitrogens with zero attached hydrogens (tertiary/aromatic N) is 2. The van der Waals surface area contributed by atoms with E-state index in [1.54, 1.807) is 0 Å². The number of sulfonamides is 1. The predicted molar refractivity (Wildman–Crippen MR) is 77.7 cm³/mol. The fourth-order valence-corrected chi connectivity index (χ4v) is 5.90. The molecule has 20 heavy (non-hydrogen) atoms. The smallest absolute Gasteiger partial charge is 0.258 e. The van der Waals surface area contributed by atoms with Crippen LogP contribution in [0.3, 0.4) is 0 Å². The van der Waals surface area contributed by atoms with Crippen molar-refractivity contribution < 1.29 is 13.3 Å². The highest BCUT2D eigenvalue weighted by Gasteiger charge is 2.36. The van der Waals surface area contributed by atoms with E-state index in [0.717, 1.165) is 30.2 Å². The molecule has 0 N–H and O–H groups in total. The van der Waals surface area contributed by atoms with Gasteiger partial charge in [-0.05, 0) is 25.7 Å². The van der Waals surface area contributed by atoms with Crippen LogP contribution < -0.4 is 0 Å². The molecule has 9 heteroatoms. The van der Waals surface area contributed by atoms with Crippen molar-refractivity contribution in [3.63, 3.8) is 0 Å². The molecule has 2 unspecified atom stereocenters. The molecule has 1 aromatic rings. The first-order valence-corrected chi connectivity index (χ1v) is 8.82. The minimum Gasteiger partial charge on any atom is -0.258 e. The molecule has 0 bridgehead atoms. The van der Waals surface area contributed by atoms with Gasteiger partial charge in [0.2, 0.25) is 0 Å². The summed E-state index contributed by atoms with van der Waals surface area (Å²) >= 11 is 6.48. The fourth-order valence-electron chi connectivity index (χ4n) is 2.45. The zero-order valence-electron chi connectivity index (χ0n) is 11.1. The van der Waals surface area contributed by atoms with Crippen molar-refractivity contribution in [3.8, 4) is 0 Å². The van der Waals surface area contributed by atoms with Crippen LogP contribution in [0.2, 0.25) is 4.34 Å². The summed E-state index contributed by atoms with van der Waals surface area (Å²) in [4.78, 5) is 10.1. The summed E-state index contributed by atoms with van der Waals surface area (Å²) < 4.78 is 26.3. The van der Waals surface area contributed by atoms with Crippen LogP contribution >= 0.6 is 22.9 Å². The summed E-state index contributed by atoms with van der Waals surface area (Å²) in [6.07, 6.45) is 1.59. The van der Waals surface area contributed by atoms with Gasteiger partial charge in [-0.3, -0.25) is 10.1 Å². The maximum Gasteiger partial charge on any atom is 0.300 e. The molecule has 1 aliphatic heterocycles. The number of hydrogen-bond donors (Lipinski definition) is 0. The maximum atomic E-state index is 12.5. The minimum atomic E-state index is -3.71. The first-order chi connectivity index (χ1) is 9.23. The highest BCUT2D eigenvalue weighted by molar-refractivity contribution is 7.91. The van der Waals surface area contributed by atoms with Crippen LogP contribution in [0.4, 0.5) is 5.69 Å². The van der Waals surface area contributed by atoms with Crippen molar-refractivity contribution in [2.45, 2.75) is 36.9 Å². The van der Waals surface area contributed by atoms with Gasteiger partial charge in [0.1, 0.15) is 4.21 Å². The van der Waals surface area contributed by atoms with E-state index in [1.807, 2.05) is 6.92 Å². The monoisotopic (exact) mass is 338 g/mol. The van der Waals surface area contributed by atoms with Gasteiger partial charge >= 0.3 is 0 Å². The van der Waals surface area contributed by atoms with Crippen LogP contribution in [0.25, 0.3) is 0 Å². The fraction of sp³-hybridized carbons (Fsp3) is 0.636. The Morgan fingerprint density at radius 1 is 1.50 bits per heavy atom. The summed E-state index contributed by atoms with van der Waals surface area (Å²) in [5, 5.41) is 10.8. The Bertz CT molecular complexity index is 628. The van der Waals surface area contributed by atoms with Crippen LogP contribution in [0.5, 0.6) is 0 Å². The van der Waals surface area contributed by atoms with Crippen LogP contribution in [0.15, 0.2) is 10.3 Å². The number of halogens is 1. The third-order valence-electron chi connectivity index (χ3n) is 3.48. The van der Waals surface area contributed by atoms with E-state index in [0.29, 0.717) is 12.5 Å². The van der Waals surface area contributed by atoms with E-state index in [9.17, 15) is 18.5 Å². The lowest BCUT2D eigenvalue weighted by atomic mass is 9.95. The number of piperidine rings is 1. The zero-order valence-corrected chi connectivity index (χ0v) is 13.5. The first-order valence-electron chi connectivity index (χ1n) is 6.19. The molecular weight excluding hydrogens is 324 g/mol. The van der Waals surface area contributed by atoms with E-state index in [-0.39, 0.29) is 20.3 Å². The molecule has 0 spiro atoms. The molecule has 1 saturated heterocycles. The van der Waals surface area contributed by atoms with Crippen molar-refractivity contribution in [2.24, 2.45) is 5.92 Å². The molecule has 0 radical (unpaired) electrons. The Hall–Kier alpha value is -0.700. The van der Waals surface area contributed by atoms with Crippen molar-refractivity contribution in [1.82, 2.24) is 4.31 Å². The average molecular weight is 339 g/mol. The van der Waals surface area contributed by atoms with Gasteiger partial charge in [0, 0.05) is 18.7 Å². The molecule has 1 aliphatic rings. The lowest BCUT2D eigenvalue weighted by Gasteiger charge is -2.34. The molecule has 0 aliphatic carbocycles. The van der Waals surface area contributed by atoms with E-state index in [2.05, 4.69) is 6.92 Å². The van der Waals surface area contributed by atoms with Crippen LogP contribution in [0, 0.1) is 16.0 Å². The quantitative estimate of drug-likeness (QED) is 0.626. The van der Waals surface area contributed by atoms with Crippen molar-refractivity contribution in [2.75, 3.05) is 6.54 Å². The molecule has 1 aromatic heterocycles. The summed E-state index contributed by atoms with van der Waals surface area (Å²) in [5.41, 5.74) is -0.353. The van der Waals surface area contributed by atoms with Crippen molar-refractivity contribution in [1.29, 1.82) is 0 Å². The third kappa shape index (κ3) is 2.83. The molecule has 2 heterocycles. The van der Waals surface area contributed by atoms with Gasteiger partial charge in [-0.2, -0.15) is 4.31 Å². The molecule has 6 nitrogen and oxygen atoms in total. The van der Waals surface area contributed by atoms with Crippen LogP contribution in [-0.2, 0) is 10.0 Å². The largest absolute Gasteiger partial charge is 0.300 e. The van der Waals surface area contributed by atoms with Gasteiger partial charge in [-0.15, -0.1) is 11.3 Å². The lowest BCUT2D eigenvalue weighted by molar-refractivity contribution is -0.384.